The van der Waals surface area contributed by atoms with E-state index in [0.717, 1.165) is 24.3 Å². The Kier molecular flexibility index (Phi) is 3.93. The molecule has 0 fully saturated rings. The van der Waals surface area contributed by atoms with Crippen LogP contribution in [0, 0.1) is 0 Å². The molecule has 0 bridgehead atoms. The Labute approximate surface area is 91.8 Å². The second kappa shape index (κ2) is 5.01. The van der Waals surface area contributed by atoms with Crippen LogP contribution in [0.5, 0.6) is 5.75 Å². The average molecular weight is 231 g/mol. The minimum atomic E-state index is -4.44. The molecule has 0 unspecified atom stereocenters. The Morgan fingerprint density at radius 2 is 2.19 bits per heavy atom. The van der Waals surface area contributed by atoms with Crippen LogP contribution >= 0.6 is 0 Å². The van der Waals surface area contributed by atoms with Gasteiger partial charge in [0, 0.05) is 12.3 Å². The Bertz CT molecular complexity index is 374. The molecule has 16 heavy (non-hydrogen) atoms. The summed E-state index contributed by atoms with van der Waals surface area (Å²) in [6.07, 6.45) is -2.63. The predicted molar refractivity (Wildman–Crippen MR) is 54.2 cm³/mol. The molecule has 2 nitrogen and oxygen atoms in total. The molecular formula is C11H12F3NO. The summed E-state index contributed by atoms with van der Waals surface area (Å²) in [6.45, 7) is 5.82. The van der Waals surface area contributed by atoms with E-state index in [0.29, 0.717) is 0 Å². The molecule has 0 aliphatic carbocycles. The third kappa shape index (κ3) is 3.56. The molecule has 0 saturated heterocycles. The highest BCUT2D eigenvalue weighted by atomic mass is 19.4. The zero-order valence-electron chi connectivity index (χ0n) is 8.84. The van der Waals surface area contributed by atoms with Crippen LogP contribution in [-0.4, -0.2) is 11.6 Å². The van der Waals surface area contributed by atoms with Gasteiger partial charge in [0.25, 0.3) is 0 Å². The number of ether oxygens (including phenoxy) is 1. The molecule has 0 aliphatic rings. The minimum absolute atomic E-state index is 0.150. The maximum Gasteiger partial charge on any atom is 0.433 e. The number of rotatable bonds is 4. The third-order valence-corrected chi connectivity index (χ3v) is 1.96. The molecule has 1 heterocycles. The van der Waals surface area contributed by atoms with E-state index in [1.807, 2.05) is 6.92 Å². The van der Waals surface area contributed by atoms with Gasteiger partial charge in [-0.3, -0.25) is 4.98 Å². The largest absolute Gasteiger partial charge is 0.489 e. The first-order valence-electron chi connectivity index (χ1n) is 4.76. The maximum atomic E-state index is 12.3. The number of nitrogens with zero attached hydrogens (tertiary/aromatic N) is 1. The van der Waals surface area contributed by atoms with Crippen LogP contribution in [0.15, 0.2) is 30.5 Å². The van der Waals surface area contributed by atoms with Crippen molar-refractivity contribution in [3.8, 4) is 5.75 Å². The highest BCUT2D eigenvalue weighted by Gasteiger charge is 2.32. The highest BCUT2D eigenvalue weighted by molar-refractivity contribution is 5.24. The van der Waals surface area contributed by atoms with Crippen molar-refractivity contribution in [3.05, 3.63) is 36.2 Å². The van der Waals surface area contributed by atoms with Gasteiger partial charge in [-0.1, -0.05) is 13.5 Å². The van der Waals surface area contributed by atoms with Gasteiger partial charge in [-0.05, 0) is 18.1 Å². The van der Waals surface area contributed by atoms with Crippen molar-refractivity contribution in [2.75, 3.05) is 6.61 Å². The van der Waals surface area contributed by atoms with E-state index < -0.39 is 11.9 Å². The molecule has 0 saturated carbocycles. The molecule has 0 aliphatic heterocycles. The summed E-state index contributed by atoms with van der Waals surface area (Å²) in [5.74, 6) is 0.150. The summed E-state index contributed by atoms with van der Waals surface area (Å²) in [5, 5.41) is 0. The van der Waals surface area contributed by atoms with Gasteiger partial charge in [-0.25, -0.2) is 0 Å². The van der Waals surface area contributed by atoms with Crippen molar-refractivity contribution >= 4 is 0 Å². The lowest BCUT2D eigenvalue weighted by molar-refractivity contribution is -0.141. The first-order chi connectivity index (χ1) is 7.43. The molecule has 0 spiro atoms. The zero-order chi connectivity index (χ0) is 12.2. The fraction of sp³-hybridized carbons (Fsp3) is 0.364. The second-order valence-corrected chi connectivity index (χ2v) is 3.27. The lowest BCUT2D eigenvalue weighted by Crippen LogP contribution is -2.08. The summed E-state index contributed by atoms with van der Waals surface area (Å²) >= 11 is 0. The van der Waals surface area contributed by atoms with E-state index in [4.69, 9.17) is 4.74 Å². The van der Waals surface area contributed by atoms with Crippen LogP contribution in [-0.2, 0) is 6.18 Å². The van der Waals surface area contributed by atoms with Crippen LogP contribution in [0.2, 0.25) is 0 Å². The number of hydrogen-bond acceptors (Lipinski definition) is 2. The number of hydrogen-bond donors (Lipinski definition) is 0. The van der Waals surface area contributed by atoms with E-state index in [1.165, 1.54) is 6.07 Å². The smallest absolute Gasteiger partial charge is 0.433 e. The minimum Gasteiger partial charge on any atom is -0.489 e. The Morgan fingerprint density at radius 1 is 1.50 bits per heavy atom. The molecule has 0 amide bonds. The summed E-state index contributed by atoms with van der Waals surface area (Å²) < 4.78 is 42.0. The predicted octanol–water partition coefficient (Wildman–Crippen LogP) is 3.45. The van der Waals surface area contributed by atoms with Gasteiger partial charge in [-0.2, -0.15) is 13.2 Å². The lowest BCUT2D eigenvalue weighted by atomic mass is 10.2. The normalized spacial score (nSPS) is 11.2. The number of halogens is 3. The van der Waals surface area contributed by atoms with Gasteiger partial charge in [0.05, 0.1) is 0 Å². The van der Waals surface area contributed by atoms with Gasteiger partial charge in [0.15, 0.2) is 0 Å². The summed E-state index contributed by atoms with van der Waals surface area (Å²) in [5.41, 5.74) is -0.127. The van der Waals surface area contributed by atoms with Crippen molar-refractivity contribution in [1.82, 2.24) is 4.98 Å². The van der Waals surface area contributed by atoms with E-state index in [2.05, 4.69) is 11.6 Å². The van der Waals surface area contributed by atoms with Gasteiger partial charge in [0.2, 0.25) is 0 Å². The Morgan fingerprint density at radius 3 is 2.75 bits per heavy atom. The van der Waals surface area contributed by atoms with Crippen molar-refractivity contribution in [2.24, 2.45) is 0 Å². The molecule has 0 atom stereocenters. The summed E-state index contributed by atoms with van der Waals surface area (Å²) in [4.78, 5) is 3.23. The molecule has 5 heteroatoms. The molecule has 1 aromatic heterocycles. The van der Waals surface area contributed by atoms with Gasteiger partial charge >= 0.3 is 6.18 Å². The molecule has 88 valence electrons. The summed E-state index contributed by atoms with van der Waals surface area (Å²) in [7, 11) is 0. The van der Waals surface area contributed by atoms with Crippen molar-refractivity contribution in [3.63, 3.8) is 0 Å². The molecule has 0 radical (unpaired) electrons. The SMILES string of the molecule is C=C(CC)COc1ccnc(C(F)(F)F)c1. The molecule has 1 rings (SSSR count). The first-order valence-corrected chi connectivity index (χ1v) is 4.76. The maximum absolute atomic E-state index is 12.3. The molecule has 0 aromatic carbocycles. The Hall–Kier alpha value is -1.52. The lowest BCUT2D eigenvalue weighted by Gasteiger charge is -2.09. The fourth-order valence-corrected chi connectivity index (χ4v) is 0.943. The van der Waals surface area contributed by atoms with Gasteiger partial charge in [0.1, 0.15) is 18.1 Å². The van der Waals surface area contributed by atoms with E-state index in [1.54, 1.807) is 0 Å². The monoisotopic (exact) mass is 231 g/mol. The van der Waals surface area contributed by atoms with Gasteiger partial charge < -0.3 is 4.74 Å². The second-order valence-electron chi connectivity index (χ2n) is 3.27. The molecule has 1 aromatic rings. The number of pyridine rings is 1. The first kappa shape index (κ1) is 12.5. The van der Waals surface area contributed by atoms with E-state index in [9.17, 15) is 13.2 Å². The Balaban J connectivity index is 2.72. The van der Waals surface area contributed by atoms with Crippen LogP contribution in [0.25, 0.3) is 0 Å². The average Bonchev–Trinajstić information content (AvgIpc) is 2.25. The zero-order valence-corrected chi connectivity index (χ0v) is 8.84. The van der Waals surface area contributed by atoms with Crippen molar-refractivity contribution in [2.45, 2.75) is 19.5 Å². The fourth-order valence-electron chi connectivity index (χ4n) is 0.943. The van der Waals surface area contributed by atoms with Gasteiger partial charge in [-0.15, -0.1) is 0 Å². The van der Waals surface area contributed by atoms with Crippen LogP contribution in [0.3, 0.4) is 0 Å². The molecular weight excluding hydrogens is 219 g/mol. The van der Waals surface area contributed by atoms with Crippen molar-refractivity contribution in [1.29, 1.82) is 0 Å². The van der Waals surface area contributed by atoms with Crippen LogP contribution < -0.4 is 4.74 Å². The van der Waals surface area contributed by atoms with Crippen LogP contribution in [0.4, 0.5) is 13.2 Å². The van der Waals surface area contributed by atoms with E-state index >= 15 is 0 Å². The van der Waals surface area contributed by atoms with Crippen LogP contribution in [0.1, 0.15) is 19.0 Å². The molecule has 0 N–H and O–H groups in total. The third-order valence-electron chi connectivity index (χ3n) is 1.96. The standard InChI is InChI=1S/C11H12F3NO/c1-3-8(2)7-16-9-4-5-15-10(6-9)11(12,13)14/h4-6H,2-3,7H2,1H3. The topological polar surface area (TPSA) is 22.1 Å². The quantitative estimate of drug-likeness (QED) is 0.740. The highest BCUT2D eigenvalue weighted by Crippen LogP contribution is 2.29. The summed E-state index contributed by atoms with van der Waals surface area (Å²) in [6, 6.07) is 2.26. The van der Waals surface area contributed by atoms with Crippen molar-refractivity contribution < 1.29 is 17.9 Å². The number of alkyl halides is 3. The van der Waals surface area contributed by atoms with E-state index in [-0.39, 0.29) is 12.4 Å². The number of aromatic nitrogens is 1.